The van der Waals surface area contributed by atoms with Crippen molar-refractivity contribution < 1.29 is 38.1 Å². The summed E-state index contributed by atoms with van der Waals surface area (Å²) in [7, 11) is 7.13. The first kappa shape index (κ1) is 78.4. The summed E-state index contributed by atoms with van der Waals surface area (Å²) in [5.74, 6) is 3.33. The second-order valence-corrected chi connectivity index (χ2v) is 31.2. The molecule has 10 aromatic rings. The average molecular weight is 1490 g/mol. The second-order valence-electron chi connectivity index (χ2n) is 31.2. The van der Waals surface area contributed by atoms with Crippen molar-refractivity contribution in [2.24, 2.45) is 34.1 Å². The lowest BCUT2D eigenvalue weighted by Gasteiger charge is -2.25. The van der Waals surface area contributed by atoms with Gasteiger partial charge >= 0.3 is 0 Å². The first-order chi connectivity index (χ1) is 53.5. The molecule has 17 nitrogen and oxygen atoms in total. The van der Waals surface area contributed by atoms with Gasteiger partial charge in [0.2, 0.25) is 0 Å². The number of hydrogen-bond donors (Lipinski definition) is 0. The molecule has 0 spiro atoms. The number of aryl methyl sites for hydroxylation is 11. The van der Waals surface area contributed by atoms with E-state index in [2.05, 4.69) is 72.6 Å². The van der Waals surface area contributed by atoms with Crippen molar-refractivity contribution in [1.29, 1.82) is 0 Å². The van der Waals surface area contributed by atoms with Crippen molar-refractivity contribution >= 4 is 23.1 Å². The van der Waals surface area contributed by atoms with Gasteiger partial charge in [0.25, 0.3) is 22.2 Å². The highest BCUT2D eigenvalue weighted by molar-refractivity contribution is 5.88. The van der Waals surface area contributed by atoms with Gasteiger partial charge in [0, 0.05) is 181 Å². The Hall–Kier alpha value is -10.8. The molecule has 574 valence electrons. The molecule has 3 unspecified atom stereocenters. The van der Waals surface area contributed by atoms with Gasteiger partial charge in [-0.15, -0.1) is 0 Å². The lowest BCUT2D eigenvalue weighted by molar-refractivity contribution is -0.119. The van der Waals surface area contributed by atoms with Gasteiger partial charge in [-0.3, -0.25) is 43.3 Å². The number of fused-ring (bicyclic) bond motifs is 4. The summed E-state index contributed by atoms with van der Waals surface area (Å²) >= 11 is 0. The van der Waals surface area contributed by atoms with Crippen molar-refractivity contribution in [3.05, 3.63) is 283 Å². The molecule has 16 rings (SSSR count). The van der Waals surface area contributed by atoms with Crippen LogP contribution >= 0.6 is 0 Å². The number of benzene rings is 5. The molecule has 0 amide bonds. The van der Waals surface area contributed by atoms with Crippen LogP contribution in [0.5, 0.6) is 11.5 Å². The average Bonchev–Trinajstić information content (AvgIpc) is 0.791. The molecule has 0 bridgehead atoms. The number of carbonyl (C=O) groups excluding carboxylic acids is 4. The lowest BCUT2D eigenvalue weighted by Crippen LogP contribution is -2.26. The zero-order chi connectivity index (χ0) is 78.1. The number of rotatable bonds is 14. The minimum atomic E-state index is 0.0122. The third kappa shape index (κ3) is 18.7. The van der Waals surface area contributed by atoms with E-state index >= 15 is 0 Å². The Morgan fingerprint density at radius 2 is 0.928 bits per heavy atom. The zero-order valence-electron chi connectivity index (χ0n) is 65.6. The van der Waals surface area contributed by atoms with Crippen LogP contribution in [-0.4, -0.2) is 85.5 Å². The maximum atomic E-state index is 12.2. The Bertz CT molecular complexity index is 5180. The van der Waals surface area contributed by atoms with Crippen LogP contribution in [-0.2, 0) is 115 Å². The number of ether oxygens (including phenoxy) is 4. The van der Waals surface area contributed by atoms with Gasteiger partial charge in [-0.25, -0.2) is 0 Å². The van der Waals surface area contributed by atoms with Crippen molar-refractivity contribution in [3.63, 3.8) is 0 Å². The Labute approximate surface area is 649 Å². The summed E-state index contributed by atoms with van der Waals surface area (Å²) in [4.78, 5) is 101. The number of ketones is 4. The maximum absolute atomic E-state index is 12.2. The molecule has 5 aromatic heterocycles. The molecular weight excluding hydrogens is 1390 g/mol. The fraction of sp³-hybridized carbons (Fsp3) is 0.372. The van der Waals surface area contributed by atoms with E-state index < -0.39 is 0 Å². The summed E-state index contributed by atoms with van der Waals surface area (Å²) in [5, 5.41) is 0. The summed E-state index contributed by atoms with van der Waals surface area (Å²) in [6, 6.07) is 41.1. The van der Waals surface area contributed by atoms with Gasteiger partial charge in [0.1, 0.15) is 41.2 Å². The van der Waals surface area contributed by atoms with Crippen molar-refractivity contribution in [1.82, 2.24) is 23.3 Å². The van der Waals surface area contributed by atoms with Crippen LogP contribution in [0.4, 0.5) is 0 Å². The van der Waals surface area contributed by atoms with Crippen LogP contribution in [0.25, 0.3) is 44.5 Å². The molecule has 5 aromatic carbocycles. The quantitative estimate of drug-likeness (QED) is 0.0994. The normalized spacial score (nSPS) is 16.7. The zero-order valence-corrected chi connectivity index (χ0v) is 65.6. The molecule has 6 aliphatic rings. The van der Waals surface area contributed by atoms with E-state index in [4.69, 9.17) is 18.9 Å². The van der Waals surface area contributed by atoms with Gasteiger partial charge in [-0.1, -0.05) is 79.7 Å². The lowest BCUT2D eigenvalue weighted by atomic mass is 9.79. The Morgan fingerprint density at radius 1 is 0.441 bits per heavy atom. The molecule has 17 heteroatoms. The van der Waals surface area contributed by atoms with Gasteiger partial charge in [0.15, 0.2) is 0 Å². The second kappa shape index (κ2) is 35.1. The fourth-order valence-corrected chi connectivity index (χ4v) is 16.5. The molecule has 2 aliphatic heterocycles. The standard InChI is InChI=1S/C25H25NO2.C23H22N2O2.2C23H27NO4/c1-16-11-21(15-26(3)25(16)28)20-12-19-9-10-22(27)14-24(19)23(13-20)17(2)18-7-5-4-6-8-18;1-15-11-17(14-25(2)23(15)27)21-8-6-16-12-19(26)7-9-20(16)22(21)13-18-5-3-4-10-24-18;1-15-8-19(12-24(2)23(15)26)18-9-17-5-6-20(25)11-21(17)22(10-18)28-14-16-4-3-7-27-13-16;1-15-9-18(13-24(2)23(15)26)17-10-16-6-7-19(25)12-21(16)22(11-17)28-14-20-5-3-4-8-27-20/h4-8,11-13,15,17H,9-10,14H2,1-3H3;3-6,8,10-11,14H,7,9,12-13H2,1-2H3;8-10,12,16H,3-7,11,13-14H2,1-2H3;9-11,13,20H,3-8,12,14H2,1-2H3. The van der Waals surface area contributed by atoms with E-state index in [0.717, 1.165) is 173 Å². The highest BCUT2D eigenvalue weighted by atomic mass is 16.5. The number of aromatic nitrogens is 5. The molecule has 0 N–H and O–H groups in total. The van der Waals surface area contributed by atoms with Crippen LogP contribution < -0.4 is 31.7 Å². The van der Waals surface area contributed by atoms with Crippen molar-refractivity contribution in [3.8, 4) is 56.0 Å². The third-order valence-corrected chi connectivity index (χ3v) is 22.7. The number of carbonyl (C=O) groups is 4. The molecule has 0 saturated carbocycles. The predicted octanol–water partition coefficient (Wildman–Crippen LogP) is 14.6. The Morgan fingerprint density at radius 3 is 1.43 bits per heavy atom. The van der Waals surface area contributed by atoms with Gasteiger partial charge < -0.3 is 37.2 Å². The van der Waals surface area contributed by atoms with Crippen molar-refractivity contribution in [2.45, 2.75) is 162 Å². The smallest absolute Gasteiger partial charge is 0.253 e. The third-order valence-electron chi connectivity index (χ3n) is 22.7. The van der Waals surface area contributed by atoms with E-state index in [-0.39, 0.29) is 45.8 Å². The van der Waals surface area contributed by atoms with E-state index in [1.165, 1.54) is 50.9 Å². The van der Waals surface area contributed by atoms with Crippen LogP contribution in [0, 0.1) is 33.6 Å². The van der Waals surface area contributed by atoms with Gasteiger partial charge in [-0.05, 0) is 229 Å². The fourth-order valence-electron chi connectivity index (χ4n) is 16.5. The highest BCUT2D eigenvalue weighted by Crippen LogP contribution is 2.40. The van der Waals surface area contributed by atoms with Gasteiger partial charge in [0.05, 0.1) is 19.3 Å². The highest BCUT2D eigenvalue weighted by Gasteiger charge is 2.29. The van der Waals surface area contributed by atoms with Gasteiger partial charge in [-0.2, -0.15) is 0 Å². The summed E-state index contributed by atoms with van der Waals surface area (Å²) in [5.41, 5.74) is 25.2. The van der Waals surface area contributed by atoms with E-state index in [1.54, 1.807) is 46.5 Å². The molecule has 3 atom stereocenters. The molecule has 2 saturated heterocycles. The number of Topliss-reactive ketones (excluding diaryl/α,β-unsaturated/α-hetero) is 4. The summed E-state index contributed by atoms with van der Waals surface area (Å²) in [6.07, 6.45) is 23.0. The monoisotopic (exact) mass is 1490 g/mol. The molecule has 0 radical (unpaired) electrons. The van der Waals surface area contributed by atoms with E-state index in [0.29, 0.717) is 87.6 Å². The molecule has 7 heterocycles. The van der Waals surface area contributed by atoms with Crippen LogP contribution in [0.3, 0.4) is 0 Å². The summed E-state index contributed by atoms with van der Waals surface area (Å²) in [6.45, 7) is 13.1. The molecular formula is C94H101N5O12. The number of hydrogen-bond acceptors (Lipinski definition) is 13. The number of nitrogens with zero attached hydrogens (tertiary/aromatic N) is 5. The molecule has 111 heavy (non-hydrogen) atoms. The maximum Gasteiger partial charge on any atom is 0.253 e. The Balaban J connectivity index is 0.000000130. The number of pyridine rings is 5. The minimum Gasteiger partial charge on any atom is -0.493 e. The first-order valence-electron chi connectivity index (χ1n) is 39.3. The SMILES string of the molecule is Cc1cc(-c2cc3c(c(C(C)c4ccccc4)c2)CC(=O)CC3)cn(C)c1=O.Cc1cc(-c2cc3c(c(OCC4CCCCO4)c2)CC(=O)CC3)cn(C)c1=O.Cc1cc(-c2cc3c(c(OCC4CCCOC4)c2)CC(=O)CC3)cn(C)c1=O.Cc1cc(-c2ccc3c(c2Cc2ccccn2)CCC(=O)C3)cn(C)c1=O. The van der Waals surface area contributed by atoms with E-state index in [1.807, 2.05) is 119 Å². The molecule has 4 aliphatic carbocycles. The summed E-state index contributed by atoms with van der Waals surface area (Å²) < 4.78 is 30.3. The first-order valence-corrected chi connectivity index (χ1v) is 39.3. The Kier molecular flexibility index (Phi) is 24.8. The van der Waals surface area contributed by atoms with E-state index in [9.17, 15) is 38.4 Å². The predicted molar refractivity (Wildman–Crippen MR) is 435 cm³/mol. The molecule has 2 fully saturated rings. The van der Waals surface area contributed by atoms with Crippen LogP contribution in [0.1, 0.15) is 160 Å². The van der Waals surface area contributed by atoms with Crippen molar-refractivity contribution in [2.75, 3.05) is 33.0 Å². The minimum absolute atomic E-state index is 0.0122. The topological polar surface area (TPSA) is 206 Å². The van der Waals surface area contributed by atoms with Crippen LogP contribution in [0.2, 0.25) is 0 Å². The largest absolute Gasteiger partial charge is 0.493 e. The van der Waals surface area contributed by atoms with Crippen LogP contribution in [0.15, 0.2) is 171 Å².